The van der Waals surface area contributed by atoms with Gasteiger partial charge in [-0.25, -0.2) is 4.39 Å². The van der Waals surface area contributed by atoms with Gasteiger partial charge in [-0.05, 0) is 70.8 Å². The molecule has 0 radical (unpaired) electrons. The van der Waals surface area contributed by atoms with Crippen molar-refractivity contribution in [3.8, 4) is 0 Å². The van der Waals surface area contributed by atoms with Gasteiger partial charge in [0, 0.05) is 10.2 Å². The Bertz CT molecular complexity index is 740. The Morgan fingerprint density at radius 1 is 1.16 bits per heavy atom. The second kappa shape index (κ2) is 9.58. The van der Waals surface area contributed by atoms with E-state index in [1.165, 1.54) is 24.3 Å². The van der Waals surface area contributed by atoms with Crippen molar-refractivity contribution < 1.29 is 14.0 Å². The summed E-state index contributed by atoms with van der Waals surface area (Å²) in [6.45, 7) is 0. The van der Waals surface area contributed by atoms with Crippen molar-refractivity contribution in [3.05, 3.63) is 64.4 Å². The maximum absolute atomic E-state index is 13.0. The first-order chi connectivity index (χ1) is 12.0. The first kappa shape index (κ1) is 19.5. The zero-order chi connectivity index (χ0) is 18.2. The Morgan fingerprint density at radius 2 is 1.84 bits per heavy atom. The van der Waals surface area contributed by atoms with E-state index in [1.807, 2.05) is 12.3 Å². The molecule has 2 aromatic rings. The van der Waals surface area contributed by atoms with Crippen LogP contribution >= 0.6 is 27.7 Å². The molecule has 0 bridgehead atoms. The fraction of sp³-hybridized carbons (Fsp3) is 0.222. The normalized spacial score (nSPS) is 11.6. The molecule has 4 nitrogen and oxygen atoms in total. The smallest absolute Gasteiger partial charge is 0.253 e. The van der Waals surface area contributed by atoms with E-state index in [0.29, 0.717) is 22.1 Å². The Morgan fingerprint density at radius 3 is 2.48 bits per heavy atom. The van der Waals surface area contributed by atoms with Gasteiger partial charge in [-0.3, -0.25) is 9.59 Å². The first-order valence-corrected chi connectivity index (χ1v) is 9.80. The van der Waals surface area contributed by atoms with E-state index in [0.717, 1.165) is 5.75 Å². The number of thioether (sulfide) groups is 1. The van der Waals surface area contributed by atoms with Gasteiger partial charge in [0.25, 0.3) is 5.91 Å². The van der Waals surface area contributed by atoms with Crippen LogP contribution < -0.4 is 10.6 Å². The predicted octanol–water partition coefficient (Wildman–Crippen LogP) is 4.08. The maximum atomic E-state index is 13.0. The summed E-state index contributed by atoms with van der Waals surface area (Å²) in [4.78, 5) is 25.0. The lowest BCUT2D eigenvalue weighted by Crippen LogP contribution is -2.44. The standard InChI is InChI=1S/C18H18BrFN2O2S/c1-25-11-10-16(18(24)21-13-8-6-12(20)7-9-13)22-17(23)14-4-2-3-5-15(14)19/h2-9,16H,10-11H2,1H3,(H,21,24)(H,22,23). The van der Waals surface area contributed by atoms with Crippen LogP contribution in [0.4, 0.5) is 10.1 Å². The molecule has 0 aliphatic carbocycles. The van der Waals surface area contributed by atoms with Crippen LogP contribution in [-0.4, -0.2) is 29.9 Å². The Balaban J connectivity index is 2.09. The SMILES string of the molecule is CSCCC(NC(=O)c1ccccc1Br)C(=O)Nc1ccc(F)cc1. The number of amides is 2. The van der Waals surface area contributed by atoms with Crippen LogP contribution in [0.3, 0.4) is 0 Å². The molecule has 2 rings (SSSR count). The van der Waals surface area contributed by atoms with E-state index in [-0.39, 0.29) is 17.6 Å². The highest BCUT2D eigenvalue weighted by Crippen LogP contribution is 2.16. The van der Waals surface area contributed by atoms with Crippen LogP contribution in [0.1, 0.15) is 16.8 Å². The summed E-state index contributed by atoms with van der Waals surface area (Å²) < 4.78 is 13.6. The summed E-state index contributed by atoms with van der Waals surface area (Å²) in [6, 6.07) is 11.8. The minimum absolute atomic E-state index is 0.326. The molecule has 2 N–H and O–H groups in total. The van der Waals surface area contributed by atoms with E-state index >= 15 is 0 Å². The van der Waals surface area contributed by atoms with Crippen LogP contribution in [0.2, 0.25) is 0 Å². The molecule has 1 unspecified atom stereocenters. The molecule has 132 valence electrons. The third kappa shape index (κ3) is 5.86. The quantitative estimate of drug-likeness (QED) is 0.703. The molecule has 0 saturated carbocycles. The van der Waals surface area contributed by atoms with E-state index in [9.17, 15) is 14.0 Å². The van der Waals surface area contributed by atoms with Crippen molar-refractivity contribution >= 4 is 45.2 Å². The number of halogens is 2. The van der Waals surface area contributed by atoms with Gasteiger partial charge in [-0.15, -0.1) is 0 Å². The summed E-state index contributed by atoms with van der Waals surface area (Å²) in [6.07, 6.45) is 2.43. The van der Waals surface area contributed by atoms with Crippen molar-refractivity contribution in [1.82, 2.24) is 5.32 Å². The molecular weight excluding hydrogens is 407 g/mol. The van der Waals surface area contributed by atoms with Crippen LogP contribution in [0, 0.1) is 5.82 Å². The molecule has 1 atom stereocenters. The maximum Gasteiger partial charge on any atom is 0.253 e. The van der Waals surface area contributed by atoms with Crippen molar-refractivity contribution in [2.24, 2.45) is 0 Å². The lowest BCUT2D eigenvalue weighted by Gasteiger charge is -2.18. The lowest BCUT2D eigenvalue weighted by molar-refractivity contribution is -0.118. The fourth-order valence-electron chi connectivity index (χ4n) is 2.15. The van der Waals surface area contributed by atoms with Gasteiger partial charge in [-0.2, -0.15) is 11.8 Å². The topological polar surface area (TPSA) is 58.2 Å². The molecule has 2 amide bonds. The molecule has 0 aliphatic rings. The van der Waals surface area contributed by atoms with Crippen molar-refractivity contribution in [1.29, 1.82) is 0 Å². The number of hydrogen-bond donors (Lipinski definition) is 2. The van der Waals surface area contributed by atoms with Crippen molar-refractivity contribution in [2.45, 2.75) is 12.5 Å². The summed E-state index contributed by atoms with van der Waals surface area (Å²) in [5, 5.41) is 5.48. The number of hydrogen-bond acceptors (Lipinski definition) is 3. The Kier molecular flexibility index (Phi) is 7.46. The summed E-state index contributed by atoms with van der Waals surface area (Å²) >= 11 is 4.93. The van der Waals surface area contributed by atoms with E-state index in [2.05, 4.69) is 26.6 Å². The summed E-state index contributed by atoms with van der Waals surface area (Å²) in [5.41, 5.74) is 0.946. The Hall–Kier alpha value is -1.86. The van der Waals surface area contributed by atoms with Gasteiger partial charge >= 0.3 is 0 Å². The second-order valence-electron chi connectivity index (χ2n) is 5.28. The number of carbonyl (C=O) groups excluding carboxylic acids is 2. The van der Waals surface area contributed by atoms with Gasteiger partial charge in [0.05, 0.1) is 5.56 Å². The second-order valence-corrected chi connectivity index (χ2v) is 7.12. The van der Waals surface area contributed by atoms with Gasteiger partial charge < -0.3 is 10.6 Å². The van der Waals surface area contributed by atoms with E-state index in [1.54, 1.807) is 30.0 Å². The first-order valence-electron chi connectivity index (χ1n) is 7.62. The highest BCUT2D eigenvalue weighted by Gasteiger charge is 2.22. The number of rotatable bonds is 7. The summed E-state index contributed by atoms with van der Waals surface area (Å²) in [5.74, 6) is -0.314. The molecule has 2 aromatic carbocycles. The number of anilines is 1. The van der Waals surface area contributed by atoms with E-state index in [4.69, 9.17) is 0 Å². The Labute approximate surface area is 158 Å². The lowest BCUT2D eigenvalue weighted by atomic mass is 10.1. The molecule has 25 heavy (non-hydrogen) atoms. The van der Waals surface area contributed by atoms with Gasteiger partial charge in [0.1, 0.15) is 11.9 Å². The van der Waals surface area contributed by atoms with Crippen molar-refractivity contribution in [2.75, 3.05) is 17.3 Å². The average Bonchev–Trinajstić information content (AvgIpc) is 2.60. The largest absolute Gasteiger partial charge is 0.340 e. The zero-order valence-electron chi connectivity index (χ0n) is 13.6. The average molecular weight is 425 g/mol. The van der Waals surface area contributed by atoms with Gasteiger partial charge in [0.15, 0.2) is 0 Å². The van der Waals surface area contributed by atoms with Crippen LogP contribution in [-0.2, 0) is 4.79 Å². The molecule has 0 aliphatic heterocycles. The van der Waals surface area contributed by atoms with E-state index < -0.39 is 6.04 Å². The highest BCUT2D eigenvalue weighted by molar-refractivity contribution is 9.10. The van der Waals surface area contributed by atoms with Crippen LogP contribution in [0.25, 0.3) is 0 Å². The van der Waals surface area contributed by atoms with Gasteiger partial charge in [0.2, 0.25) is 5.91 Å². The summed E-state index contributed by atoms with van der Waals surface area (Å²) in [7, 11) is 0. The predicted molar refractivity (Wildman–Crippen MR) is 103 cm³/mol. The third-order valence-electron chi connectivity index (χ3n) is 3.46. The number of carbonyl (C=O) groups is 2. The van der Waals surface area contributed by atoms with Crippen LogP contribution in [0.5, 0.6) is 0 Å². The molecular formula is C18H18BrFN2O2S. The highest BCUT2D eigenvalue weighted by atomic mass is 79.9. The molecule has 7 heteroatoms. The fourth-order valence-corrected chi connectivity index (χ4v) is 3.08. The van der Waals surface area contributed by atoms with Crippen molar-refractivity contribution in [3.63, 3.8) is 0 Å². The molecule has 0 spiro atoms. The zero-order valence-corrected chi connectivity index (χ0v) is 16.0. The minimum atomic E-state index is -0.683. The third-order valence-corrected chi connectivity index (χ3v) is 4.80. The number of nitrogens with one attached hydrogen (secondary N) is 2. The minimum Gasteiger partial charge on any atom is -0.340 e. The monoisotopic (exact) mass is 424 g/mol. The van der Waals surface area contributed by atoms with Crippen LogP contribution in [0.15, 0.2) is 53.0 Å². The molecule has 0 saturated heterocycles. The molecule has 0 heterocycles. The molecule has 0 aromatic heterocycles. The molecule has 0 fully saturated rings. The van der Waals surface area contributed by atoms with Gasteiger partial charge in [-0.1, -0.05) is 12.1 Å². The number of benzene rings is 2.